The predicted molar refractivity (Wildman–Crippen MR) is 306 cm³/mol. The highest BCUT2D eigenvalue weighted by atomic mass is 16.5. The zero-order valence-corrected chi connectivity index (χ0v) is 47.3. The SMILES string of the molecule is CCCCCCCC/C=C\CCCCCCCCCC(=O)OCCCCCCCCCC/C=C\CCCCCCCCCC(=O)NC(CO)C(O)CCCCCCCCCCCCCCCCCCC. The molecule has 0 spiro atoms. The number of aliphatic hydroxyl groups excluding tert-OH is 2. The Morgan fingerprint density at radius 3 is 1.01 bits per heavy atom. The number of rotatable bonds is 59. The number of hydrogen-bond acceptors (Lipinski definition) is 5. The molecule has 0 bridgehead atoms. The van der Waals surface area contributed by atoms with Gasteiger partial charge in [-0.3, -0.25) is 9.59 Å². The van der Waals surface area contributed by atoms with Crippen molar-refractivity contribution in [3.63, 3.8) is 0 Å². The van der Waals surface area contributed by atoms with E-state index in [-0.39, 0.29) is 18.5 Å². The minimum atomic E-state index is -0.671. The molecule has 70 heavy (non-hydrogen) atoms. The molecule has 0 aromatic heterocycles. The molecular weight excluding hydrogens is 863 g/mol. The number of amides is 1. The Morgan fingerprint density at radius 2 is 0.671 bits per heavy atom. The highest BCUT2D eigenvalue weighted by Crippen LogP contribution is 2.17. The van der Waals surface area contributed by atoms with E-state index in [2.05, 4.69) is 43.5 Å². The van der Waals surface area contributed by atoms with Crippen molar-refractivity contribution in [1.29, 1.82) is 0 Å². The van der Waals surface area contributed by atoms with E-state index in [9.17, 15) is 19.8 Å². The predicted octanol–water partition coefficient (Wildman–Crippen LogP) is 19.8. The Hall–Kier alpha value is -1.66. The van der Waals surface area contributed by atoms with Crippen LogP contribution in [-0.2, 0) is 14.3 Å². The maximum Gasteiger partial charge on any atom is 0.305 e. The van der Waals surface area contributed by atoms with Crippen molar-refractivity contribution in [3.05, 3.63) is 24.3 Å². The number of nitrogens with one attached hydrogen (secondary N) is 1. The highest BCUT2D eigenvalue weighted by molar-refractivity contribution is 5.76. The van der Waals surface area contributed by atoms with Gasteiger partial charge in [-0.1, -0.05) is 282 Å². The van der Waals surface area contributed by atoms with E-state index in [0.717, 1.165) is 44.9 Å². The van der Waals surface area contributed by atoms with Crippen LogP contribution in [-0.4, -0.2) is 47.4 Å². The zero-order valence-electron chi connectivity index (χ0n) is 47.3. The number of carbonyl (C=O) groups excluding carboxylic acids is 2. The number of ether oxygens (including phenoxy) is 1. The summed E-state index contributed by atoms with van der Waals surface area (Å²) in [6, 6.07) is -0.549. The molecule has 1 amide bonds. The van der Waals surface area contributed by atoms with Crippen molar-refractivity contribution >= 4 is 11.9 Å². The molecule has 0 radical (unpaired) electrons. The van der Waals surface area contributed by atoms with Gasteiger partial charge in [0.1, 0.15) is 0 Å². The van der Waals surface area contributed by atoms with Crippen LogP contribution in [0.2, 0.25) is 0 Å². The largest absolute Gasteiger partial charge is 0.466 e. The lowest BCUT2D eigenvalue weighted by Crippen LogP contribution is -2.45. The van der Waals surface area contributed by atoms with Gasteiger partial charge in [-0.15, -0.1) is 0 Å². The minimum Gasteiger partial charge on any atom is -0.466 e. The van der Waals surface area contributed by atoms with Gasteiger partial charge in [0, 0.05) is 12.8 Å². The molecule has 6 nitrogen and oxygen atoms in total. The third-order valence-corrected chi connectivity index (χ3v) is 14.7. The van der Waals surface area contributed by atoms with E-state index in [1.807, 2.05) is 0 Å². The molecule has 0 rings (SSSR count). The van der Waals surface area contributed by atoms with Gasteiger partial charge in [0.05, 0.1) is 25.4 Å². The molecule has 2 atom stereocenters. The molecule has 0 fully saturated rings. The van der Waals surface area contributed by atoms with Crippen LogP contribution in [0, 0.1) is 0 Å². The first kappa shape index (κ1) is 68.3. The summed E-state index contributed by atoms with van der Waals surface area (Å²) in [6.45, 7) is 4.96. The molecule has 6 heteroatoms. The van der Waals surface area contributed by atoms with Crippen LogP contribution in [0.1, 0.15) is 348 Å². The standard InChI is InChI=1S/C64H123NO5/c1-3-5-7-9-11-13-15-17-19-24-28-32-36-40-44-48-52-56-62(67)61(60-66)65-63(68)57-53-49-45-41-37-33-29-26-22-21-23-27-31-35-39-43-47-51-55-59-70-64(69)58-54-50-46-42-38-34-30-25-20-18-16-14-12-10-8-6-4-2/h18,20-22,61-62,66-67H,3-17,19,23-60H2,1-2H3,(H,65,68)/b20-18-,22-21-. The number of hydrogen-bond donors (Lipinski definition) is 3. The third kappa shape index (κ3) is 55.7. The highest BCUT2D eigenvalue weighted by Gasteiger charge is 2.20. The van der Waals surface area contributed by atoms with Gasteiger partial charge >= 0.3 is 5.97 Å². The molecule has 0 aromatic rings. The summed E-state index contributed by atoms with van der Waals surface area (Å²) < 4.78 is 5.49. The summed E-state index contributed by atoms with van der Waals surface area (Å²) >= 11 is 0. The summed E-state index contributed by atoms with van der Waals surface area (Å²) in [5.41, 5.74) is 0. The Bertz CT molecular complexity index is 1090. The van der Waals surface area contributed by atoms with E-state index in [1.165, 1.54) is 270 Å². The summed E-state index contributed by atoms with van der Waals surface area (Å²) in [4.78, 5) is 24.6. The number of esters is 1. The van der Waals surface area contributed by atoms with Gasteiger partial charge in [-0.2, -0.15) is 0 Å². The van der Waals surface area contributed by atoms with Crippen molar-refractivity contribution in [3.8, 4) is 0 Å². The zero-order chi connectivity index (χ0) is 50.7. The molecule has 3 N–H and O–H groups in total. The number of carbonyl (C=O) groups is 2. The summed E-state index contributed by atoms with van der Waals surface area (Å²) in [7, 11) is 0. The molecular formula is C64H123NO5. The van der Waals surface area contributed by atoms with Crippen molar-refractivity contribution < 1.29 is 24.5 Å². The average molecular weight is 987 g/mol. The van der Waals surface area contributed by atoms with Gasteiger partial charge in [-0.05, 0) is 77.0 Å². The Labute approximate surface area is 437 Å². The average Bonchev–Trinajstić information content (AvgIpc) is 3.36. The van der Waals surface area contributed by atoms with E-state index in [0.29, 0.717) is 25.9 Å². The van der Waals surface area contributed by atoms with Gasteiger partial charge in [0.2, 0.25) is 5.91 Å². The molecule has 0 aliphatic rings. The monoisotopic (exact) mass is 986 g/mol. The molecule has 0 saturated heterocycles. The minimum absolute atomic E-state index is 0.00123. The molecule has 0 heterocycles. The van der Waals surface area contributed by atoms with Crippen LogP contribution >= 0.6 is 0 Å². The third-order valence-electron chi connectivity index (χ3n) is 14.7. The second-order valence-electron chi connectivity index (χ2n) is 21.7. The number of allylic oxidation sites excluding steroid dienone is 4. The maximum absolute atomic E-state index is 12.5. The molecule has 0 aliphatic carbocycles. The summed E-state index contributed by atoms with van der Waals surface area (Å²) in [5.74, 6) is -0.0410. The first-order chi connectivity index (χ1) is 34.5. The first-order valence-electron chi connectivity index (χ1n) is 31.6. The van der Waals surface area contributed by atoms with Crippen molar-refractivity contribution in [2.45, 2.75) is 360 Å². The van der Waals surface area contributed by atoms with Crippen LogP contribution in [0.3, 0.4) is 0 Å². The van der Waals surface area contributed by atoms with Gasteiger partial charge in [0.25, 0.3) is 0 Å². The topological polar surface area (TPSA) is 95.9 Å². The normalized spacial score (nSPS) is 12.7. The van der Waals surface area contributed by atoms with Crippen LogP contribution in [0.15, 0.2) is 24.3 Å². The molecule has 0 saturated carbocycles. The molecule has 0 aliphatic heterocycles. The van der Waals surface area contributed by atoms with Crippen LogP contribution in [0.25, 0.3) is 0 Å². The lowest BCUT2D eigenvalue weighted by atomic mass is 10.0. The van der Waals surface area contributed by atoms with Gasteiger partial charge < -0.3 is 20.3 Å². The van der Waals surface area contributed by atoms with E-state index >= 15 is 0 Å². The van der Waals surface area contributed by atoms with Crippen LogP contribution in [0.4, 0.5) is 0 Å². The van der Waals surface area contributed by atoms with Gasteiger partial charge in [0.15, 0.2) is 0 Å². The van der Waals surface area contributed by atoms with Gasteiger partial charge in [-0.25, -0.2) is 0 Å². The molecule has 0 aromatic carbocycles. The van der Waals surface area contributed by atoms with Crippen molar-refractivity contribution in [1.82, 2.24) is 5.32 Å². The summed E-state index contributed by atoms with van der Waals surface area (Å²) in [5, 5.41) is 23.3. The first-order valence-corrected chi connectivity index (χ1v) is 31.6. The van der Waals surface area contributed by atoms with Crippen molar-refractivity contribution in [2.24, 2.45) is 0 Å². The second kappa shape index (κ2) is 59.9. The Morgan fingerprint density at radius 1 is 0.386 bits per heavy atom. The fourth-order valence-electron chi connectivity index (χ4n) is 9.87. The Balaban J connectivity index is 3.43. The lowest BCUT2D eigenvalue weighted by Gasteiger charge is -2.22. The van der Waals surface area contributed by atoms with Crippen LogP contribution in [0.5, 0.6) is 0 Å². The van der Waals surface area contributed by atoms with E-state index < -0.39 is 12.1 Å². The molecule has 2 unspecified atom stereocenters. The molecule has 414 valence electrons. The van der Waals surface area contributed by atoms with E-state index in [1.54, 1.807) is 0 Å². The number of aliphatic hydroxyl groups is 2. The van der Waals surface area contributed by atoms with Crippen molar-refractivity contribution in [2.75, 3.05) is 13.2 Å². The van der Waals surface area contributed by atoms with Crippen LogP contribution < -0.4 is 5.32 Å². The second-order valence-corrected chi connectivity index (χ2v) is 21.7. The fourth-order valence-corrected chi connectivity index (χ4v) is 9.87. The quantitative estimate of drug-likeness (QED) is 0.0321. The fraction of sp³-hybridized carbons (Fsp3) is 0.906. The maximum atomic E-state index is 12.5. The lowest BCUT2D eigenvalue weighted by molar-refractivity contribution is -0.143. The van der Waals surface area contributed by atoms with E-state index in [4.69, 9.17) is 4.74 Å². The summed E-state index contributed by atoms with van der Waals surface area (Å²) in [6.07, 6.45) is 73.2. The smallest absolute Gasteiger partial charge is 0.305 e. The Kier molecular flexibility index (Phi) is 58.5. The number of unbranched alkanes of at least 4 members (excludes halogenated alkanes) is 44.